The Kier molecular flexibility index (Phi) is 9.13. The first kappa shape index (κ1) is 19.6. The van der Waals surface area contributed by atoms with Gasteiger partial charge < -0.3 is 10.5 Å². The molecule has 0 radical (unpaired) electrons. The minimum atomic E-state index is -0.578. The number of carbonyl (C=O) groups excluding carboxylic acids is 1. The number of aromatic nitrogens is 1. The number of carbonyl (C=O) groups is 1. The summed E-state index contributed by atoms with van der Waals surface area (Å²) in [6.07, 6.45) is 2.80. The average molecular weight is 366 g/mol. The molecule has 0 saturated carbocycles. The zero-order valence-corrected chi connectivity index (χ0v) is 14.6. The number of alkyl halides is 1. The predicted octanol–water partition coefficient (Wildman–Crippen LogP) is 4.10. The van der Waals surface area contributed by atoms with Crippen LogP contribution in [0.15, 0.2) is 42.7 Å². The summed E-state index contributed by atoms with van der Waals surface area (Å²) in [6, 6.07) is 8.65. The summed E-state index contributed by atoms with van der Waals surface area (Å²) in [7, 11) is 0. The van der Waals surface area contributed by atoms with Crippen molar-refractivity contribution in [2.45, 2.75) is 6.92 Å². The Morgan fingerprint density at radius 3 is 2.75 bits per heavy atom. The van der Waals surface area contributed by atoms with Gasteiger partial charge in [-0.1, -0.05) is 29.5 Å². The number of hydrogen-bond acceptors (Lipinski definition) is 4. The molecule has 0 aliphatic carbocycles. The van der Waals surface area contributed by atoms with Gasteiger partial charge >= 0.3 is 6.09 Å². The van der Waals surface area contributed by atoms with Crippen molar-refractivity contribution in [2.75, 3.05) is 23.5 Å². The number of ether oxygens (including phenoxy) is 1. The second-order valence-corrected chi connectivity index (χ2v) is 5.13. The maximum Gasteiger partial charge on any atom is 0.412 e. The molecule has 1 aromatic heterocycles. The Labute approximate surface area is 151 Å². The van der Waals surface area contributed by atoms with E-state index in [-0.39, 0.29) is 12.5 Å². The monoisotopic (exact) mass is 365 g/mol. The first-order valence-electron chi connectivity index (χ1n) is 6.90. The third kappa shape index (κ3) is 8.28. The molecular weight excluding hydrogens is 349 g/mol. The van der Waals surface area contributed by atoms with Crippen LogP contribution in [-0.2, 0) is 4.74 Å². The van der Waals surface area contributed by atoms with Crippen molar-refractivity contribution in [3.05, 3.63) is 53.3 Å². The molecule has 1 amide bonds. The Morgan fingerprint density at radius 2 is 2.17 bits per heavy atom. The highest BCUT2D eigenvalue weighted by Crippen LogP contribution is 2.14. The maximum atomic E-state index is 11.2. The van der Waals surface area contributed by atoms with Crippen molar-refractivity contribution in [1.82, 2.24) is 4.98 Å². The molecule has 2 aromatic rings. The van der Waals surface area contributed by atoms with Gasteiger partial charge in [0.25, 0.3) is 0 Å². The van der Waals surface area contributed by atoms with Crippen molar-refractivity contribution >= 4 is 40.7 Å². The second-order valence-electron chi connectivity index (χ2n) is 4.43. The van der Waals surface area contributed by atoms with Crippen molar-refractivity contribution in [1.29, 1.82) is 0 Å². The van der Waals surface area contributed by atoms with Gasteiger partial charge in [0.15, 0.2) is 6.61 Å². The Hall–Kier alpha value is -2.42. The van der Waals surface area contributed by atoms with E-state index in [1.165, 1.54) is 0 Å². The number of aryl methyl sites for hydroxylation is 1. The van der Waals surface area contributed by atoms with Gasteiger partial charge in [-0.3, -0.25) is 10.3 Å². The van der Waals surface area contributed by atoms with Crippen LogP contribution >= 0.6 is 23.2 Å². The molecule has 0 fully saturated rings. The van der Waals surface area contributed by atoms with E-state index in [4.69, 9.17) is 33.7 Å². The molecule has 0 aliphatic heterocycles. The number of nitrogens with zero attached hydrogens (tertiary/aromatic N) is 1. The number of nitrogens with one attached hydrogen (secondary N) is 1. The van der Waals surface area contributed by atoms with Crippen LogP contribution in [0, 0.1) is 18.8 Å². The smallest absolute Gasteiger partial charge is 0.412 e. The molecule has 0 unspecified atom stereocenters. The number of rotatable bonds is 2. The summed E-state index contributed by atoms with van der Waals surface area (Å²) >= 11 is 11.1. The van der Waals surface area contributed by atoms with Crippen molar-refractivity contribution in [3.8, 4) is 11.8 Å². The lowest BCUT2D eigenvalue weighted by molar-refractivity contribution is 0.176. The molecule has 7 heteroatoms. The number of anilines is 2. The third-order valence-electron chi connectivity index (χ3n) is 2.62. The Bertz CT molecular complexity index is 706. The fourth-order valence-corrected chi connectivity index (χ4v) is 1.68. The van der Waals surface area contributed by atoms with E-state index in [0.717, 1.165) is 11.3 Å². The predicted molar refractivity (Wildman–Crippen MR) is 98.3 cm³/mol. The van der Waals surface area contributed by atoms with Gasteiger partial charge in [-0.25, -0.2) is 4.79 Å². The molecule has 1 aromatic carbocycles. The van der Waals surface area contributed by atoms with Crippen molar-refractivity contribution in [3.63, 3.8) is 0 Å². The van der Waals surface area contributed by atoms with Gasteiger partial charge in [0.05, 0.1) is 11.6 Å². The van der Waals surface area contributed by atoms with Crippen LogP contribution < -0.4 is 11.1 Å². The zero-order chi connectivity index (χ0) is 17.8. The van der Waals surface area contributed by atoms with Gasteiger partial charge in [-0.15, -0.1) is 11.6 Å². The molecule has 2 rings (SSSR count). The van der Waals surface area contributed by atoms with Crippen LogP contribution in [0.3, 0.4) is 0 Å². The quantitative estimate of drug-likeness (QED) is 0.620. The molecule has 0 saturated heterocycles. The van der Waals surface area contributed by atoms with Gasteiger partial charge in [-0.05, 0) is 36.8 Å². The molecule has 1 heterocycles. The summed E-state index contributed by atoms with van der Waals surface area (Å²) in [4.78, 5) is 15.0. The molecule has 0 atom stereocenters. The summed E-state index contributed by atoms with van der Waals surface area (Å²) in [5, 5.41) is 3.05. The lowest BCUT2D eigenvalue weighted by atomic mass is 10.3. The summed E-state index contributed by atoms with van der Waals surface area (Å²) in [5.74, 6) is 5.36. The van der Waals surface area contributed by atoms with E-state index >= 15 is 0 Å². The number of nitrogen functional groups attached to an aromatic ring is 1. The maximum absolute atomic E-state index is 11.2. The van der Waals surface area contributed by atoms with Gasteiger partial charge in [0.1, 0.15) is 0 Å². The van der Waals surface area contributed by atoms with Gasteiger partial charge in [-0.2, -0.15) is 0 Å². The molecule has 0 aliphatic rings. The van der Waals surface area contributed by atoms with E-state index < -0.39 is 6.09 Å². The lowest BCUT2D eigenvalue weighted by Gasteiger charge is -2.04. The van der Waals surface area contributed by atoms with Crippen LogP contribution in [0.4, 0.5) is 16.2 Å². The van der Waals surface area contributed by atoms with Gasteiger partial charge in [0.2, 0.25) is 0 Å². The minimum absolute atomic E-state index is 0.0130. The van der Waals surface area contributed by atoms with Crippen LogP contribution in [0.2, 0.25) is 5.02 Å². The fourth-order valence-electron chi connectivity index (χ4n) is 1.40. The second kappa shape index (κ2) is 11.2. The summed E-state index contributed by atoms with van der Waals surface area (Å²) < 4.78 is 4.76. The molecule has 126 valence electrons. The highest BCUT2D eigenvalue weighted by atomic mass is 35.5. The normalized spacial score (nSPS) is 8.96. The van der Waals surface area contributed by atoms with Crippen molar-refractivity contribution in [2.24, 2.45) is 0 Å². The van der Waals surface area contributed by atoms with Crippen LogP contribution in [0.5, 0.6) is 0 Å². The van der Waals surface area contributed by atoms with Crippen LogP contribution in [-0.4, -0.2) is 23.6 Å². The van der Waals surface area contributed by atoms with Crippen LogP contribution in [0.1, 0.15) is 5.56 Å². The van der Waals surface area contributed by atoms with E-state index in [1.54, 1.807) is 36.7 Å². The zero-order valence-electron chi connectivity index (χ0n) is 13.1. The first-order valence-corrected chi connectivity index (χ1v) is 7.81. The number of halogens is 2. The molecule has 3 N–H and O–H groups in total. The average Bonchev–Trinajstić information content (AvgIpc) is 2.55. The SMILES string of the molecule is Cc1ccncc1N.O=C(Nc1cccc(Cl)c1)OCC#CCCl. The van der Waals surface area contributed by atoms with Gasteiger partial charge in [0, 0.05) is 23.1 Å². The first-order chi connectivity index (χ1) is 11.5. The standard InChI is InChI=1S/C11H9Cl2NO2.C6H8N2/c12-6-1-2-7-16-11(15)14-10-5-3-4-9(13)8-10;1-5-2-3-8-4-6(5)7/h3-5,8H,6-7H2,(H,14,15);2-4H,7H2,1H3. The lowest BCUT2D eigenvalue weighted by Crippen LogP contribution is -2.13. The minimum Gasteiger partial charge on any atom is -0.436 e. The summed E-state index contributed by atoms with van der Waals surface area (Å²) in [5.41, 5.74) is 7.87. The Morgan fingerprint density at radius 1 is 1.38 bits per heavy atom. The molecule has 0 bridgehead atoms. The highest BCUT2D eigenvalue weighted by Gasteiger charge is 2.01. The Balaban J connectivity index is 0.000000300. The summed E-state index contributed by atoms with van der Waals surface area (Å²) in [6.45, 7) is 1.97. The number of hydrogen-bond donors (Lipinski definition) is 2. The van der Waals surface area contributed by atoms with E-state index in [9.17, 15) is 4.79 Å². The van der Waals surface area contributed by atoms with E-state index in [2.05, 4.69) is 22.1 Å². The number of amides is 1. The van der Waals surface area contributed by atoms with E-state index in [1.807, 2.05) is 13.0 Å². The fraction of sp³-hybridized carbons (Fsp3) is 0.176. The number of nitrogens with two attached hydrogens (primary N) is 1. The molecule has 0 spiro atoms. The molecule has 24 heavy (non-hydrogen) atoms. The largest absolute Gasteiger partial charge is 0.436 e. The van der Waals surface area contributed by atoms with Crippen molar-refractivity contribution < 1.29 is 9.53 Å². The number of pyridine rings is 1. The molecular formula is C17H17Cl2N3O2. The molecule has 5 nitrogen and oxygen atoms in total. The third-order valence-corrected chi connectivity index (χ3v) is 2.99. The highest BCUT2D eigenvalue weighted by molar-refractivity contribution is 6.30. The number of benzene rings is 1. The topological polar surface area (TPSA) is 77.2 Å². The van der Waals surface area contributed by atoms with E-state index in [0.29, 0.717) is 10.7 Å². The van der Waals surface area contributed by atoms with Crippen LogP contribution in [0.25, 0.3) is 0 Å².